The lowest BCUT2D eigenvalue weighted by Crippen LogP contribution is -2.50. The maximum absolute atomic E-state index is 12.9. The molecule has 2 amide bonds. The molecule has 34 heavy (non-hydrogen) atoms. The van der Waals surface area contributed by atoms with Gasteiger partial charge in [0.25, 0.3) is 14.2 Å². The van der Waals surface area contributed by atoms with E-state index in [1.54, 1.807) is 17.0 Å². The van der Waals surface area contributed by atoms with Gasteiger partial charge in [-0.05, 0) is 81.9 Å². The second kappa shape index (κ2) is 10.7. The van der Waals surface area contributed by atoms with E-state index in [2.05, 4.69) is 46.1 Å². The van der Waals surface area contributed by atoms with Gasteiger partial charge in [0.2, 0.25) is 0 Å². The zero-order valence-electron chi connectivity index (χ0n) is 22.4. The number of likely N-dealkylation sites (tertiary alicyclic amines) is 1. The second-order valence-electron chi connectivity index (χ2n) is 11.7. The highest BCUT2D eigenvalue weighted by atomic mass is 28.4. The molecule has 1 saturated heterocycles. The summed E-state index contributed by atoms with van der Waals surface area (Å²) in [6.07, 6.45) is -0.0179. The fraction of sp³-hybridized carbons (Fsp3) is 0.692. The van der Waals surface area contributed by atoms with Crippen LogP contribution in [0.3, 0.4) is 0 Å². The molecule has 1 aromatic rings. The van der Waals surface area contributed by atoms with Crippen molar-refractivity contribution in [3.8, 4) is 5.75 Å². The zero-order valence-corrected chi connectivity index (χ0v) is 23.4. The van der Waals surface area contributed by atoms with Gasteiger partial charge in [-0.3, -0.25) is 4.79 Å². The number of nitrogens with one attached hydrogen (secondary N) is 1. The highest BCUT2D eigenvalue weighted by molar-refractivity contribution is 6.75. The second-order valence-corrected chi connectivity index (χ2v) is 16.2. The number of ether oxygens (including phenoxy) is 1. The maximum Gasteiger partial charge on any atom is 0.410 e. The van der Waals surface area contributed by atoms with Crippen molar-refractivity contribution < 1.29 is 23.9 Å². The third-order valence-corrected chi connectivity index (χ3v) is 11.7. The minimum atomic E-state index is -2.05. The number of carbonyl (C=O) groups excluding carboxylic acids is 2. The van der Waals surface area contributed by atoms with Crippen LogP contribution in [0, 0.1) is 5.92 Å². The Hall–Kier alpha value is -2.06. The van der Waals surface area contributed by atoms with E-state index in [1.807, 2.05) is 32.9 Å². The van der Waals surface area contributed by atoms with Crippen LogP contribution in [-0.2, 0) is 4.74 Å². The summed E-state index contributed by atoms with van der Waals surface area (Å²) in [7, 11) is -2.05. The molecule has 192 valence electrons. The van der Waals surface area contributed by atoms with Crippen LogP contribution in [0.15, 0.2) is 24.3 Å². The van der Waals surface area contributed by atoms with Crippen LogP contribution in [0.25, 0.3) is 0 Å². The Bertz CT molecular complexity index is 846. The normalized spacial score (nSPS) is 20.0. The molecule has 1 fully saturated rings. The van der Waals surface area contributed by atoms with E-state index in [4.69, 9.17) is 9.16 Å². The first-order valence-corrected chi connectivity index (χ1v) is 15.2. The molecule has 0 bridgehead atoms. The summed E-state index contributed by atoms with van der Waals surface area (Å²) in [6, 6.07) is 6.57. The topological polar surface area (TPSA) is 88.1 Å². The number of hydrogen-bond acceptors (Lipinski definition) is 5. The number of amides is 2. The molecule has 0 saturated carbocycles. The van der Waals surface area contributed by atoms with E-state index in [-0.39, 0.29) is 17.5 Å². The van der Waals surface area contributed by atoms with Crippen LogP contribution < -0.4 is 9.74 Å². The van der Waals surface area contributed by atoms with Crippen LogP contribution in [0.5, 0.6) is 5.75 Å². The predicted molar refractivity (Wildman–Crippen MR) is 138 cm³/mol. The highest BCUT2D eigenvalue weighted by Crippen LogP contribution is 2.44. The van der Waals surface area contributed by atoms with Crippen LogP contribution in [0.2, 0.25) is 18.1 Å². The summed E-state index contributed by atoms with van der Waals surface area (Å²) in [4.78, 5) is 27.0. The van der Waals surface area contributed by atoms with Gasteiger partial charge in [0.15, 0.2) is 0 Å². The summed E-state index contributed by atoms with van der Waals surface area (Å²) < 4.78 is 11.9. The van der Waals surface area contributed by atoms with E-state index >= 15 is 0 Å². The van der Waals surface area contributed by atoms with Crippen LogP contribution in [0.4, 0.5) is 4.79 Å². The quantitative estimate of drug-likeness (QED) is 0.533. The Morgan fingerprint density at radius 1 is 1.12 bits per heavy atom. The molecule has 2 atom stereocenters. The van der Waals surface area contributed by atoms with E-state index in [0.29, 0.717) is 30.9 Å². The van der Waals surface area contributed by atoms with E-state index < -0.39 is 32.2 Å². The summed E-state index contributed by atoms with van der Waals surface area (Å²) in [5, 5.41) is 13.6. The van der Waals surface area contributed by atoms with Crippen molar-refractivity contribution in [2.75, 3.05) is 13.1 Å². The van der Waals surface area contributed by atoms with Gasteiger partial charge in [-0.15, -0.1) is 0 Å². The lowest BCUT2D eigenvalue weighted by Gasteiger charge is -2.42. The molecule has 7 nitrogen and oxygen atoms in total. The molecule has 1 aliphatic rings. The molecular weight excluding hydrogens is 448 g/mol. The Balaban J connectivity index is 2.07. The number of benzene rings is 1. The summed E-state index contributed by atoms with van der Waals surface area (Å²) in [5.41, 5.74) is -0.123. The Labute approximate surface area is 206 Å². The Morgan fingerprint density at radius 3 is 2.24 bits per heavy atom. The Morgan fingerprint density at radius 2 is 1.71 bits per heavy atom. The maximum atomic E-state index is 12.9. The van der Waals surface area contributed by atoms with Crippen molar-refractivity contribution in [3.63, 3.8) is 0 Å². The molecule has 1 aliphatic heterocycles. The first-order valence-electron chi connectivity index (χ1n) is 12.3. The molecular formula is C26H44N2O5Si. The van der Waals surface area contributed by atoms with Gasteiger partial charge in [0.1, 0.15) is 11.4 Å². The first kappa shape index (κ1) is 28.2. The molecule has 0 spiro atoms. The average Bonchev–Trinajstić information content (AvgIpc) is 2.88. The molecule has 0 aliphatic carbocycles. The van der Waals surface area contributed by atoms with Gasteiger partial charge in [-0.1, -0.05) is 27.7 Å². The number of aliphatic hydroxyl groups excluding tert-OH is 1. The number of rotatable bonds is 6. The van der Waals surface area contributed by atoms with Crippen molar-refractivity contribution >= 4 is 20.3 Å². The van der Waals surface area contributed by atoms with Crippen molar-refractivity contribution in [3.05, 3.63) is 29.8 Å². The standard InChI is InChI=1S/C26H44N2O5Si/c1-18(2)26(6,7)34(8,9)33-20-14-12-19(13-15-20)23(30)27-21-17-28(16-10-11-22(21)29)24(31)32-25(3,4)5/h12-15,18,21-22,29H,10-11,16-17H2,1-9H3,(H,27,30)/t21-,22-/m1/s1. The van der Waals surface area contributed by atoms with Crippen molar-refractivity contribution in [1.82, 2.24) is 10.2 Å². The third kappa shape index (κ3) is 7.22. The first-order chi connectivity index (χ1) is 15.5. The smallest absolute Gasteiger partial charge is 0.410 e. The molecule has 0 radical (unpaired) electrons. The van der Waals surface area contributed by atoms with Gasteiger partial charge in [0, 0.05) is 18.7 Å². The van der Waals surface area contributed by atoms with Gasteiger partial charge in [-0.2, -0.15) is 0 Å². The van der Waals surface area contributed by atoms with Gasteiger partial charge in [0.05, 0.1) is 12.1 Å². The van der Waals surface area contributed by atoms with Crippen LogP contribution in [0.1, 0.15) is 71.7 Å². The van der Waals surface area contributed by atoms with E-state index in [1.165, 1.54) is 0 Å². The highest BCUT2D eigenvalue weighted by Gasteiger charge is 2.44. The minimum Gasteiger partial charge on any atom is -0.543 e. The average molecular weight is 493 g/mol. The van der Waals surface area contributed by atoms with Crippen LogP contribution >= 0.6 is 0 Å². The number of carbonyl (C=O) groups is 2. The molecule has 2 rings (SSSR count). The fourth-order valence-corrected chi connectivity index (χ4v) is 6.20. The Kier molecular flexibility index (Phi) is 8.86. The number of aliphatic hydroxyl groups is 1. The molecule has 2 N–H and O–H groups in total. The zero-order chi connectivity index (χ0) is 25.9. The largest absolute Gasteiger partial charge is 0.543 e. The van der Waals surface area contributed by atoms with Gasteiger partial charge >= 0.3 is 6.09 Å². The summed E-state index contributed by atoms with van der Waals surface area (Å²) in [5.74, 6) is 0.957. The molecule has 1 aromatic carbocycles. The minimum absolute atomic E-state index is 0.0820. The fourth-order valence-electron chi connectivity index (χ4n) is 3.82. The molecule has 0 unspecified atom stereocenters. The monoisotopic (exact) mass is 492 g/mol. The van der Waals surface area contributed by atoms with Crippen molar-refractivity contribution in [2.24, 2.45) is 5.92 Å². The van der Waals surface area contributed by atoms with Crippen molar-refractivity contribution in [1.29, 1.82) is 0 Å². The summed E-state index contributed by atoms with van der Waals surface area (Å²) in [6.45, 7) is 19.5. The third-order valence-electron chi connectivity index (χ3n) is 7.26. The summed E-state index contributed by atoms with van der Waals surface area (Å²) >= 11 is 0. The van der Waals surface area contributed by atoms with E-state index in [0.717, 1.165) is 5.75 Å². The van der Waals surface area contributed by atoms with Crippen molar-refractivity contribution in [2.45, 2.75) is 97.2 Å². The molecule has 8 heteroatoms. The number of hydrogen-bond donors (Lipinski definition) is 2. The van der Waals surface area contributed by atoms with Crippen LogP contribution in [-0.4, -0.2) is 61.2 Å². The molecule has 0 aromatic heterocycles. The SMILES string of the molecule is CC(C)C(C)(C)[Si](C)(C)Oc1ccc(C(=O)N[C@@H]2CN(C(=O)OC(C)(C)C)CCC[C@H]2O)cc1. The predicted octanol–water partition coefficient (Wildman–Crippen LogP) is 5.20. The lowest BCUT2D eigenvalue weighted by atomic mass is 9.99. The van der Waals surface area contributed by atoms with E-state index in [9.17, 15) is 14.7 Å². The molecule has 1 heterocycles. The number of nitrogens with zero attached hydrogens (tertiary/aromatic N) is 1. The van der Waals surface area contributed by atoms with Gasteiger partial charge < -0.3 is 24.5 Å². The van der Waals surface area contributed by atoms with Gasteiger partial charge in [-0.25, -0.2) is 4.79 Å². The lowest BCUT2D eigenvalue weighted by molar-refractivity contribution is 0.0223.